The molecule has 2 aromatic rings. The molecular formula is C17H21N3O. The number of methoxy groups -OCH3 is 1. The van der Waals surface area contributed by atoms with Crippen molar-refractivity contribution in [2.45, 2.75) is 38.6 Å². The van der Waals surface area contributed by atoms with Gasteiger partial charge in [0.2, 0.25) is 11.8 Å². The molecule has 0 spiro atoms. The molecule has 1 unspecified atom stereocenters. The number of aromatic nitrogens is 2. The van der Waals surface area contributed by atoms with Gasteiger partial charge in [-0.25, -0.2) is 4.98 Å². The Bertz CT molecular complexity index is 627. The molecule has 1 aromatic carbocycles. The van der Waals surface area contributed by atoms with E-state index in [2.05, 4.69) is 40.4 Å². The Morgan fingerprint density at radius 1 is 1.14 bits per heavy atom. The lowest BCUT2D eigenvalue weighted by molar-refractivity contribution is 0.397. The zero-order valence-corrected chi connectivity index (χ0v) is 12.6. The van der Waals surface area contributed by atoms with Crippen LogP contribution in [0.25, 0.3) is 0 Å². The van der Waals surface area contributed by atoms with E-state index in [1.54, 1.807) is 19.4 Å². The zero-order valence-electron chi connectivity index (χ0n) is 12.6. The van der Waals surface area contributed by atoms with E-state index in [-0.39, 0.29) is 6.04 Å². The van der Waals surface area contributed by atoms with Crippen LogP contribution in [0, 0.1) is 0 Å². The molecule has 0 radical (unpaired) electrons. The van der Waals surface area contributed by atoms with E-state index in [9.17, 15) is 0 Å². The third-order valence-electron chi connectivity index (χ3n) is 4.06. The second-order valence-electron chi connectivity index (χ2n) is 5.52. The highest BCUT2D eigenvalue weighted by Crippen LogP contribution is 2.26. The smallest absolute Gasteiger partial charge is 0.226 e. The van der Waals surface area contributed by atoms with Gasteiger partial charge in [-0.3, -0.25) is 0 Å². The minimum atomic E-state index is 0.171. The maximum atomic E-state index is 5.13. The lowest BCUT2D eigenvalue weighted by atomic mass is 9.89. The summed E-state index contributed by atoms with van der Waals surface area (Å²) in [5, 5.41) is 3.34. The predicted molar refractivity (Wildman–Crippen MR) is 83.7 cm³/mol. The van der Waals surface area contributed by atoms with Crippen LogP contribution in [-0.2, 0) is 12.8 Å². The number of aryl methyl sites for hydroxylation is 2. The van der Waals surface area contributed by atoms with E-state index in [1.807, 2.05) is 0 Å². The normalized spacial score (nSPS) is 15.1. The molecule has 1 N–H and O–H groups in total. The van der Waals surface area contributed by atoms with Crippen LogP contribution in [0.4, 0.5) is 5.95 Å². The average Bonchev–Trinajstić information content (AvgIpc) is 2.54. The van der Waals surface area contributed by atoms with Gasteiger partial charge in [-0.2, -0.15) is 4.98 Å². The zero-order chi connectivity index (χ0) is 14.7. The monoisotopic (exact) mass is 283 g/mol. The molecule has 1 aliphatic rings. The number of nitrogens with one attached hydrogen (secondary N) is 1. The van der Waals surface area contributed by atoms with Gasteiger partial charge in [0.1, 0.15) is 0 Å². The van der Waals surface area contributed by atoms with Crippen molar-refractivity contribution in [3.05, 3.63) is 47.2 Å². The Labute approximate surface area is 125 Å². The first kappa shape index (κ1) is 13.9. The summed E-state index contributed by atoms with van der Waals surface area (Å²) in [6.45, 7) is 2.13. The fraction of sp³-hybridized carbons (Fsp3) is 0.412. The van der Waals surface area contributed by atoms with E-state index < -0.39 is 0 Å². The molecular weight excluding hydrogens is 262 g/mol. The third kappa shape index (κ3) is 3.15. The first-order chi connectivity index (χ1) is 10.3. The molecule has 0 bridgehead atoms. The van der Waals surface area contributed by atoms with E-state index in [4.69, 9.17) is 4.74 Å². The number of hydrogen-bond acceptors (Lipinski definition) is 4. The molecule has 1 aliphatic carbocycles. The lowest BCUT2D eigenvalue weighted by Crippen LogP contribution is -2.11. The van der Waals surface area contributed by atoms with Gasteiger partial charge in [0.05, 0.1) is 13.2 Å². The van der Waals surface area contributed by atoms with Crippen molar-refractivity contribution >= 4 is 5.95 Å². The van der Waals surface area contributed by atoms with Crippen LogP contribution in [0.5, 0.6) is 5.88 Å². The molecule has 1 aromatic heterocycles. The summed E-state index contributed by atoms with van der Waals surface area (Å²) in [5.74, 6) is 1.17. The standard InChI is InChI=1S/C17H21N3O/c1-12(19-17-18-10-9-16(20-17)21-2)14-8-7-13-5-3-4-6-15(13)11-14/h7-12H,3-6H2,1-2H3,(H,18,19,20). The molecule has 0 saturated carbocycles. The molecule has 0 amide bonds. The highest BCUT2D eigenvalue weighted by molar-refractivity contribution is 5.38. The van der Waals surface area contributed by atoms with Gasteiger partial charge in [0.25, 0.3) is 0 Å². The van der Waals surface area contributed by atoms with Crippen LogP contribution in [-0.4, -0.2) is 17.1 Å². The van der Waals surface area contributed by atoms with Crippen molar-refractivity contribution < 1.29 is 4.74 Å². The van der Waals surface area contributed by atoms with Crippen LogP contribution in [0.3, 0.4) is 0 Å². The van der Waals surface area contributed by atoms with Gasteiger partial charge >= 0.3 is 0 Å². The largest absolute Gasteiger partial charge is 0.481 e. The number of benzene rings is 1. The molecule has 1 heterocycles. The first-order valence-corrected chi connectivity index (χ1v) is 7.51. The predicted octanol–water partition coefficient (Wildman–Crippen LogP) is 3.54. The maximum Gasteiger partial charge on any atom is 0.226 e. The number of rotatable bonds is 4. The first-order valence-electron chi connectivity index (χ1n) is 7.51. The van der Waals surface area contributed by atoms with Crippen molar-refractivity contribution in [2.24, 2.45) is 0 Å². The van der Waals surface area contributed by atoms with E-state index in [1.165, 1.54) is 42.4 Å². The number of anilines is 1. The van der Waals surface area contributed by atoms with Gasteiger partial charge in [-0.05, 0) is 49.3 Å². The van der Waals surface area contributed by atoms with Crippen molar-refractivity contribution in [1.82, 2.24) is 9.97 Å². The molecule has 0 fully saturated rings. The molecule has 4 heteroatoms. The minimum Gasteiger partial charge on any atom is -0.481 e. The van der Waals surface area contributed by atoms with Gasteiger partial charge in [-0.1, -0.05) is 18.2 Å². The molecule has 0 aliphatic heterocycles. The topological polar surface area (TPSA) is 47.0 Å². The Balaban J connectivity index is 1.76. The van der Waals surface area contributed by atoms with Gasteiger partial charge in [0.15, 0.2) is 0 Å². The Morgan fingerprint density at radius 3 is 2.76 bits per heavy atom. The maximum absolute atomic E-state index is 5.13. The van der Waals surface area contributed by atoms with Gasteiger partial charge in [0, 0.05) is 12.3 Å². The lowest BCUT2D eigenvalue weighted by Gasteiger charge is -2.20. The molecule has 3 rings (SSSR count). The number of nitrogens with zero attached hydrogens (tertiary/aromatic N) is 2. The quantitative estimate of drug-likeness (QED) is 0.932. The van der Waals surface area contributed by atoms with Crippen LogP contribution >= 0.6 is 0 Å². The summed E-state index contributed by atoms with van der Waals surface area (Å²) in [5.41, 5.74) is 4.29. The van der Waals surface area contributed by atoms with Crippen LogP contribution in [0.1, 0.15) is 42.5 Å². The molecule has 110 valence electrons. The van der Waals surface area contributed by atoms with Gasteiger partial charge in [-0.15, -0.1) is 0 Å². The van der Waals surface area contributed by atoms with Crippen LogP contribution < -0.4 is 10.1 Å². The molecule has 1 atom stereocenters. The van der Waals surface area contributed by atoms with E-state index in [0.717, 1.165) is 0 Å². The minimum absolute atomic E-state index is 0.171. The molecule has 4 nitrogen and oxygen atoms in total. The Kier molecular flexibility index (Phi) is 4.04. The number of ether oxygens (including phenoxy) is 1. The molecule has 21 heavy (non-hydrogen) atoms. The van der Waals surface area contributed by atoms with E-state index >= 15 is 0 Å². The van der Waals surface area contributed by atoms with Crippen LogP contribution in [0.2, 0.25) is 0 Å². The third-order valence-corrected chi connectivity index (χ3v) is 4.06. The fourth-order valence-corrected chi connectivity index (χ4v) is 2.83. The summed E-state index contributed by atoms with van der Waals surface area (Å²) in [6.07, 6.45) is 6.74. The highest BCUT2D eigenvalue weighted by Gasteiger charge is 2.13. The van der Waals surface area contributed by atoms with Crippen molar-refractivity contribution in [3.63, 3.8) is 0 Å². The van der Waals surface area contributed by atoms with Crippen molar-refractivity contribution in [2.75, 3.05) is 12.4 Å². The number of hydrogen-bond donors (Lipinski definition) is 1. The Morgan fingerprint density at radius 2 is 1.95 bits per heavy atom. The second kappa shape index (κ2) is 6.12. The summed E-state index contributed by atoms with van der Waals surface area (Å²) in [7, 11) is 1.61. The second-order valence-corrected chi connectivity index (χ2v) is 5.52. The fourth-order valence-electron chi connectivity index (χ4n) is 2.83. The van der Waals surface area contributed by atoms with Crippen LogP contribution in [0.15, 0.2) is 30.5 Å². The van der Waals surface area contributed by atoms with Crippen molar-refractivity contribution in [1.29, 1.82) is 0 Å². The summed E-state index contributed by atoms with van der Waals surface area (Å²) in [6, 6.07) is 8.72. The van der Waals surface area contributed by atoms with E-state index in [0.29, 0.717) is 11.8 Å². The van der Waals surface area contributed by atoms with Crippen molar-refractivity contribution in [3.8, 4) is 5.88 Å². The summed E-state index contributed by atoms with van der Waals surface area (Å²) >= 11 is 0. The summed E-state index contributed by atoms with van der Waals surface area (Å²) in [4.78, 5) is 8.54. The Hall–Kier alpha value is -2.10. The highest BCUT2D eigenvalue weighted by atomic mass is 16.5. The summed E-state index contributed by atoms with van der Waals surface area (Å²) < 4.78 is 5.13. The number of fused-ring (bicyclic) bond motifs is 1. The SMILES string of the molecule is COc1ccnc(NC(C)c2ccc3c(c2)CCCC3)n1. The van der Waals surface area contributed by atoms with Gasteiger partial charge < -0.3 is 10.1 Å². The molecule has 0 saturated heterocycles. The average molecular weight is 283 g/mol.